The standard InChI is InChI=1S/C10H20N2O3/c11-9(10(14)15)7-12-5-1-3-8(12)4-2-6-13/h8-9,13H,1-7,11H2,(H,14,15). The summed E-state index contributed by atoms with van der Waals surface area (Å²) in [5.41, 5.74) is 5.50. The maximum absolute atomic E-state index is 10.6. The van der Waals surface area contributed by atoms with Crippen molar-refractivity contribution in [2.24, 2.45) is 5.73 Å². The Bertz CT molecular complexity index is 211. The van der Waals surface area contributed by atoms with Crippen molar-refractivity contribution in [1.82, 2.24) is 4.90 Å². The number of aliphatic carboxylic acids is 1. The molecule has 15 heavy (non-hydrogen) atoms. The number of aliphatic hydroxyl groups is 1. The maximum Gasteiger partial charge on any atom is 0.321 e. The monoisotopic (exact) mass is 216 g/mol. The number of hydrogen-bond donors (Lipinski definition) is 3. The Morgan fingerprint density at radius 1 is 1.60 bits per heavy atom. The minimum atomic E-state index is -0.942. The average Bonchev–Trinajstić information content (AvgIpc) is 2.62. The zero-order valence-electron chi connectivity index (χ0n) is 8.93. The summed E-state index contributed by atoms with van der Waals surface area (Å²) in [5, 5.41) is 17.5. The summed E-state index contributed by atoms with van der Waals surface area (Å²) in [7, 11) is 0. The van der Waals surface area contributed by atoms with Gasteiger partial charge in [0.25, 0.3) is 0 Å². The molecule has 1 heterocycles. The van der Waals surface area contributed by atoms with E-state index in [2.05, 4.69) is 4.90 Å². The number of nitrogens with zero attached hydrogens (tertiary/aromatic N) is 1. The normalized spacial score (nSPS) is 24.3. The molecule has 0 bridgehead atoms. The Labute approximate surface area is 89.9 Å². The Kier molecular flexibility index (Phi) is 5.01. The highest BCUT2D eigenvalue weighted by atomic mass is 16.4. The highest BCUT2D eigenvalue weighted by Crippen LogP contribution is 2.20. The molecule has 5 heteroatoms. The summed E-state index contributed by atoms with van der Waals surface area (Å²) in [6.07, 6.45) is 3.90. The molecule has 1 aliphatic heterocycles. The summed E-state index contributed by atoms with van der Waals surface area (Å²) in [4.78, 5) is 12.7. The molecular weight excluding hydrogens is 196 g/mol. The molecule has 1 saturated heterocycles. The minimum absolute atomic E-state index is 0.204. The van der Waals surface area contributed by atoms with Crippen molar-refractivity contribution in [2.45, 2.75) is 37.8 Å². The Hall–Kier alpha value is -0.650. The molecule has 1 rings (SSSR count). The van der Waals surface area contributed by atoms with E-state index in [4.69, 9.17) is 15.9 Å². The number of carbonyl (C=O) groups is 1. The third kappa shape index (κ3) is 3.77. The second-order valence-corrected chi connectivity index (χ2v) is 4.10. The van der Waals surface area contributed by atoms with Gasteiger partial charge in [0.1, 0.15) is 6.04 Å². The fourth-order valence-corrected chi connectivity index (χ4v) is 2.12. The zero-order chi connectivity index (χ0) is 11.3. The van der Waals surface area contributed by atoms with E-state index in [-0.39, 0.29) is 6.61 Å². The first-order chi connectivity index (χ1) is 7.15. The highest BCUT2D eigenvalue weighted by Gasteiger charge is 2.27. The van der Waals surface area contributed by atoms with E-state index in [9.17, 15) is 4.79 Å². The van der Waals surface area contributed by atoms with Gasteiger partial charge >= 0.3 is 5.97 Å². The molecule has 2 atom stereocenters. The first-order valence-electron chi connectivity index (χ1n) is 5.48. The van der Waals surface area contributed by atoms with Crippen LogP contribution in [0.25, 0.3) is 0 Å². The third-order valence-corrected chi connectivity index (χ3v) is 2.94. The topological polar surface area (TPSA) is 86.8 Å². The van der Waals surface area contributed by atoms with Gasteiger partial charge in [0.2, 0.25) is 0 Å². The lowest BCUT2D eigenvalue weighted by atomic mass is 10.1. The van der Waals surface area contributed by atoms with Gasteiger partial charge in [-0.15, -0.1) is 0 Å². The molecule has 0 aromatic heterocycles. The molecule has 0 aromatic carbocycles. The molecule has 4 N–H and O–H groups in total. The fourth-order valence-electron chi connectivity index (χ4n) is 2.12. The summed E-state index contributed by atoms with van der Waals surface area (Å²) in [6.45, 7) is 1.55. The SMILES string of the molecule is NC(CN1CCCC1CCCO)C(=O)O. The predicted octanol–water partition coefficient (Wildman–Crippen LogP) is -0.365. The zero-order valence-corrected chi connectivity index (χ0v) is 8.93. The van der Waals surface area contributed by atoms with Crippen molar-refractivity contribution >= 4 is 5.97 Å². The lowest BCUT2D eigenvalue weighted by Gasteiger charge is -2.25. The Morgan fingerprint density at radius 3 is 2.93 bits per heavy atom. The van der Waals surface area contributed by atoms with E-state index >= 15 is 0 Å². The molecule has 0 saturated carbocycles. The van der Waals surface area contributed by atoms with Gasteiger partial charge in [-0.3, -0.25) is 9.69 Å². The average molecular weight is 216 g/mol. The molecule has 1 fully saturated rings. The summed E-state index contributed by atoms with van der Waals surface area (Å²) < 4.78 is 0. The van der Waals surface area contributed by atoms with Crippen LogP contribution in [-0.4, -0.2) is 52.9 Å². The van der Waals surface area contributed by atoms with Gasteiger partial charge in [0.15, 0.2) is 0 Å². The van der Waals surface area contributed by atoms with Gasteiger partial charge in [-0.1, -0.05) is 0 Å². The molecule has 0 aliphatic carbocycles. The molecule has 1 aliphatic rings. The summed E-state index contributed by atoms with van der Waals surface area (Å²) >= 11 is 0. The van der Waals surface area contributed by atoms with Crippen molar-refractivity contribution in [3.63, 3.8) is 0 Å². The van der Waals surface area contributed by atoms with Gasteiger partial charge in [0, 0.05) is 19.2 Å². The van der Waals surface area contributed by atoms with Crippen molar-refractivity contribution in [3.05, 3.63) is 0 Å². The smallest absolute Gasteiger partial charge is 0.321 e. The van der Waals surface area contributed by atoms with E-state index in [1.165, 1.54) is 0 Å². The number of carboxylic acids is 1. The van der Waals surface area contributed by atoms with Crippen molar-refractivity contribution in [3.8, 4) is 0 Å². The van der Waals surface area contributed by atoms with E-state index in [0.29, 0.717) is 12.6 Å². The molecule has 2 unspecified atom stereocenters. The van der Waals surface area contributed by atoms with Crippen LogP contribution in [-0.2, 0) is 4.79 Å². The van der Waals surface area contributed by atoms with Gasteiger partial charge in [-0.2, -0.15) is 0 Å². The predicted molar refractivity (Wildman–Crippen MR) is 56.5 cm³/mol. The van der Waals surface area contributed by atoms with Crippen LogP contribution in [0.2, 0.25) is 0 Å². The molecule has 0 aromatic rings. The first kappa shape index (κ1) is 12.4. The number of likely N-dealkylation sites (tertiary alicyclic amines) is 1. The van der Waals surface area contributed by atoms with Crippen molar-refractivity contribution < 1.29 is 15.0 Å². The molecule has 88 valence electrons. The second kappa shape index (κ2) is 6.05. The van der Waals surface area contributed by atoms with Gasteiger partial charge in [0.05, 0.1) is 0 Å². The third-order valence-electron chi connectivity index (χ3n) is 2.94. The number of hydrogen-bond acceptors (Lipinski definition) is 4. The van der Waals surface area contributed by atoms with Crippen LogP contribution in [0.4, 0.5) is 0 Å². The van der Waals surface area contributed by atoms with Gasteiger partial charge in [-0.05, 0) is 32.2 Å². The minimum Gasteiger partial charge on any atom is -0.480 e. The van der Waals surface area contributed by atoms with Crippen LogP contribution in [0, 0.1) is 0 Å². The first-order valence-corrected chi connectivity index (χ1v) is 5.48. The largest absolute Gasteiger partial charge is 0.480 e. The summed E-state index contributed by atoms with van der Waals surface area (Å²) in [6, 6.07) is -0.387. The van der Waals surface area contributed by atoms with E-state index in [0.717, 1.165) is 32.2 Å². The second-order valence-electron chi connectivity index (χ2n) is 4.10. The van der Waals surface area contributed by atoms with Crippen molar-refractivity contribution in [1.29, 1.82) is 0 Å². The van der Waals surface area contributed by atoms with Crippen LogP contribution < -0.4 is 5.73 Å². The highest BCUT2D eigenvalue weighted by molar-refractivity contribution is 5.73. The van der Waals surface area contributed by atoms with Gasteiger partial charge < -0.3 is 15.9 Å². The molecule has 5 nitrogen and oxygen atoms in total. The van der Waals surface area contributed by atoms with Crippen LogP contribution in [0.5, 0.6) is 0 Å². The van der Waals surface area contributed by atoms with Crippen molar-refractivity contribution in [2.75, 3.05) is 19.7 Å². The van der Waals surface area contributed by atoms with Crippen LogP contribution in [0.1, 0.15) is 25.7 Å². The molecule has 0 amide bonds. The van der Waals surface area contributed by atoms with E-state index in [1.54, 1.807) is 0 Å². The van der Waals surface area contributed by atoms with E-state index < -0.39 is 12.0 Å². The van der Waals surface area contributed by atoms with Gasteiger partial charge in [-0.25, -0.2) is 0 Å². The van der Waals surface area contributed by atoms with Crippen LogP contribution in [0.15, 0.2) is 0 Å². The lowest BCUT2D eigenvalue weighted by molar-refractivity contribution is -0.139. The Balaban J connectivity index is 2.35. The number of nitrogens with two attached hydrogens (primary N) is 1. The molecular formula is C10H20N2O3. The molecule has 0 radical (unpaired) electrons. The molecule has 0 spiro atoms. The number of aliphatic hydroxyl groups excluding tert-OH is 1. The van der Waals surface area contributed by atoms with E-state index in [1.807, 2.05) is 0 Å². The Morgan fingerprint density at radius 2 is 2.33 bits per heavy atom. The maximum atomic E-state index is 10.6. The lowest BCUT2D eigenvalue weighted by Crippen LogP contribution is -2.44. The van der Waals surface area contributed by atoms with Crippen LogP contribution >= 0.6 is 0 Å². The summed E-state index contributed by atoms with van der Waals surface area (Å²) in [5.74, 6) is -0.942. The fraction of sp³-hybridized carbons (Fsp3) is 0.900. The quantitative estimate of drug-likeness (QED) is 0.564. The van der Waals surface area contributed by atoms with Crippen LogP contribution in [0.3, 0.4) is 0 Å². The number of rotatable bonds is 6. The number of carboxylic acid groups (broad SMARTS) is 1.